The fourth-order valence-corrected chi connectivity index (χ4v) is 8.65. The van der Waals surface area contributed by atoms with Crippen LogP contribution in [0.25, 0.3) is 65.3 Å². The van der Waals surface area contributed by atoms with Crippen molar-refractivity contribution in [1.82, 2.24) is 0 Å². The first-order valence-corrected chi connectivity index (χ1v) is 17.5. The van der Waals surface area contributed by atoms with Gasteiger partial charge in [0.05, 0.1) is 11.4 Å². The maximum absolute atomic E-state index is 2.53. The van der Waals surface area contributed by atoms with E-state index in [0.717, 1.165) is 11.4 Å². The molecule has 0 aromatic heterocycles. The average Bonchev–Trinajstić information content (AvgIpc) is 3.40. The summed E-state index contributed by atoms with van der Waals surface area (Å²) in [6.07, 6.45) is 0. The number of hydrogen-bond donors (Lipinski definition) is 0. The minimum Gasteiger partial charge on any atom is -0.309 e. The van der Waals surface area contributed by atoms with Gasteiger partial charge in [-0.3, -0.25) is 0 Å². The van der Waals surface area contributed by atoms with E-state index in [9.17, 15) is 0 Å². The molecule has 1 heteroatoms. The summed E-state index contributed by atoms with van der Waals surface area (Å²) in [5, 5.41) is 9.94. The van der Waals surface area contributed by atoms with Crippen molar-refractivity contribution in [3.8, 4) is 22.3 Å². The largest absolute Gasteiger partial charge is 0.309 e. The van der Waals surface area contributed by atoms with Crippen LogP contribution in [0.15, 0.2) is 176 Å². The lowest BCUT2D eigenvalue weighted by Crippen LogP contribution is -2.16. The molecule has 0 heterocycles. The van der Waals surface area contributed by atoms with Gasteiger partial charge in [-0.25, -0.2) is 0 Å². The minimum atomic E-state index is -0.0675. The van der Waals surface area contributed by atoms with Gasteiger partial charge in [0.25, 0.3) is 0 Å². The molecule has 0 amide bonds. The van der Waals surface area contributed by atoms with Gasteiger partial charge in [0.15, 0.2) is 0 Å². The molecule has 9 aromatic rings. The van der Waals surface area contributed by atoms with E-state index in [1.165, 1.54) is 82.2 Å². The molecule has 0 saturated heterocycles. The second kappa shape index (κ2) is 10.9. The second-order valence-corrected chi connectivity index (χ2v) is 14.1. The van der Waals surface area contributed by atoms with E-state index in [1.54, 1.807) is 0 Å². The van der Waals surface area contributed by atoms with Crippen LogP contribution in [0, 0.1) is 0 Å². The van der Waals surface area contributed by atoms with E-state index in [0.29, 0.717) is 0 Å². The number of hydrogen-bond acceptors (Lipinski definition) is 1. The smallest absolute Gasteiger partial charge is 0.0546 e. The summed E-state index contributed by atoms with van der Waals surface area (Å²) in [5.74, 6) is 0. The molecule has 0 aliphatic heterocycles. The van der Waals surface area contributed by atoms with Crippen molar-refractivity contribution in [3.63, 3.8) is 0 Å². The Hall–Kier alpha value is -6.18. The summed E-state index contributed by atoms with van der Waals surface area (Å²) in [5.41, 5.74) is 11.3. The van der Waals surface area contributed by atoms with Crippen LogP contribution in [-0.2, 0) is 5.41 Å². The molecule has 50 heavy (non-hydrogen) atoms. The molecule has 236 valence electrons. The Labute approximate surface area is 292 Å². The van der Waals surface area contributed by atoms with Crippen LogP contribution in [-0.4, -0.2) is 0 Å². The highest BCUT2D eigenvalue weighted by molar-refractivity contribution is 6.17. The SMILES string of the molecule is CC1(C)c2ccccc2-c2cc(N(c3ccc4ccccc4c3-c3cccc4ccccc34)c3cc4ccccc4c4ccccc34)ccc21. The van der Waals surface area contributed by atoms with Crippen molar-refractivity contribution < 1.29 is 0 Å². The van der Waals surface area contributed by atoms with Crippen molar-refractivity contribution in [3.05, 3.63) is 187 Å². The van der Waals surface area contributed by atoms with E-state index in [1.807, 2.05) is 0 Å². The summed E-state index contributed by atoms with van der Waals surface area (Å²) in [6.45, 7) is 4.71. The standard InChI is InChI=1S/C49H35N/c1-49(2)44-25-12-11-22-40(44)43-31-35(27-28-45(43)49)50(47-30-34-16-5-7-19-37(34)39-21-9-10-23-41(39)47)46-29-26-33-15-4-8-20-38(33)48(46)42-24-13-17-32-14-3-6-18-36(32)42/h3-31H,1-2H3. The van der Waals surface area contributed by atoms with Gasteiger partial charge in [0.2, 0.25) is 0 Å². The Morgan fingerprint density at radius 3 is 1.76 bits per heavy atom. The maximum Gasteiger partial charge on any atom is 0.0546 e. The number of benzene rings is 9. The van der Waals surface area contributed by atoms with Gasteiger partial charge in [0.1, 0.15) is 0 Å². The van der Waals surface area contributed by atoms with Crippen LogP contribution >= 0.6 is 0 Å². The molecular weight excluding hydrogens is 603 g/mol. The van der Waals surface area contributed by atoms with Gasteiger partial charge in [0, 0.05) is 22.1 Å². The third kappa shape index (κ3) is 4.20. The van der Waals surface area contributed by atoms with Crippen LogP contribution in [0.2, 0.25) is 0 Å². The molecule has 1 nitrogen and oxygen atoms in total. The van der Waals surface area contributed by atoms with Gasteiger partial charge in [-0.2, -0.15) is 0 Å². The fourth-order valence-electron chi connectivity index (χ4n) is 8.65. The summed E-state index contributed by atoms with van der Waals surface area (Å²) >= 11 is 0. The number of nitrogens with zero attached hydrogens (tertiary/aromatic N) is 1. The highest BCUT2D eigenvalue weighted by Gasteiger charge is 2.36. The van der Waals surface area contributed by atoms with Crippen LogP contribution < -0.4 is 4.90 Å². The summed E-state index contributed by atoms with van der Waals surface area (Å²) < 4.78 is 0. The van der Waals surface area contributed by atoms with Crippen molar-refractivity contribution in [2.75, 3.05) is 4.90 Å². The topological polar surface area (TPSA) is 3.24 Å². The Balaban J connectivity index is 1.35. The highest BCUT2D eigenvalue weighted by Crippen LogP contribution is 2.53. The van der Waals surface area contributed by atoms with Crippen molar-refractivity contribution >= 4 is 60.2 Å². The highest BCUT2D eigenvalue weighted by atomic mass is 15.1. The van der Waals surface area contributed by atoms with Crippen molar-refractivity contribution in [2.24, 2.45) is 0 Å². The molecule has 0 radical (unpaired) electrons. The van der Waals surface area contributed by atoms with Gasteiger partial charge < -0.3 is 4.90 Å². The quantitative estimate of drug-likeness (QED) is 0.174. The maximum atomic E-state index is 2.53. The molecule has 0 N–H and O–H groups in total. The zero-order chi connectivity index (χ0) is 33.4. The minimum absolute atomic E-state index is 0.0675. The average molecular weight is 638 g/mol. The van der Waals surface area contributed by atoms with Crippen molar-refractivity contribution in [1.29, 1.82) is 0 Å². The molecule has 1 aliphatic rings. The number of rotatable bonds is 4. The third-order valence-electron chi connectivity index (χ3n) is 11.0. The Bertz CT molecular complexity index is 2800. The number of fused-ring (bicyclic) bond motifs is 8. The van der Waals surface area contributed by atoms with E-state index >= 15 is 0 Å². The summed E-state index contributed by atoms with van der Waals surface area (Å²) in [7, 11) is 0. The Morgan fingerprint density at radius 1 is 0.360 bits per heavy atom. The first-order chi connectivity index (χ1) is 24.6. The molecule has 0 spiro atoms. The molecule has 10 rings (SSSR count). The molecule has 0 unspecified atom stereocenters. The lowest BCUT2D eigenvalue weighted by Gasteiger charge is -2.31. The van der Waals surface area contributed by atoms with Crippen LogP contribution in [0.5, 0.6) is 0 Å². The fraction of sp³-hybridized carbons (Fsp3) is 0.0612. The Kier molecular flexibility index (Phi) is 6.29. The summed E-state index contributed by atoms with van der Waals surface area (Å²) in [6, 6.07) is 65.1. The zero-order valence-electron chi connectivity index (χ0n) is 28.2. The number of anilines is 3. The summed E-state index contributed by atoms with van der Waals surface area (Å²) in [4.78, 5) is 2.53. The van der Waals surface area contributed by atoms with Gasteiger partial charge in [-0.05, 0) is 89.8 Å². The van der Waals surface area contributed by atoms with E-state index in [4.69, 9.17) is 0 Å². The third-order valence-corrected chi connectivity index (χ3v) is 11.0. The first-order valence-electron chi connectivity index (χ1n) is 17.5. The molecule has 0 fully saturated rings. The molecule has 1 aliphatic carbocycles. The van der Waals surface area contributed by atoms with E-state index < -0.39 is 0 Å². The molecule has 0 atom stereocenters. The van der Waals surface area contributed by atoms with Crippen molar-refractivity contribution in [2.45, 2.75) is 19.3 Å². The van der Waals surface area contributed by atoms with Crippen LogP contribution in [0.3, 0.4) is 0 Å². The van der Waals surface area contributed by atoms with Gasteiger partial charge >= 0.3 is 0 Å². The van der Waals surface area contributed by atoms with Gasteiger partial charge in [-0.1, -0.05) is 166 Å². The predicted octanol–water partition coefficient (Wildman–Crippen LogP) is 13.7. The Morgan fingerprint density at radius 2 is 0.940 bits per heavy atom. The lowest BCUT2D eigenvalue weighted by molar-refractivity contribution is 0.660. The first kappa shape index (κ1) is 28.8. The van der Waals surface area contributed by atoms with E-state index in [2.05, 4.69) is 195 Å². The predicted molar refractivity (Wildman–Crippen MR) is 214 cm³/mol. The molecular formula is C49H35N. The lowest BCUT2D eigenvalue weighted by atomic mass is 9.82. The molecule has 0 bridgehead atoms. The zero-order valence-corrected chi connectivity index (χ0v) is 28.2. The van der Waals surface area contributed by atoms with Gasteiger partial charge in [-0.15, -0.1) is 0 Å². The monoisotopic (exact) mass is 637 g/mol. The molecule has 9 aromatic carbocycles. The van der Waals surface area contributed by atoms with E-state index in [-0.39, 0.29) is 5.41 Å². The molecule has 0 saturated carbocycles. The van der Waals surface area contributed by atoms with Crippen LogP contribution in [0.4, 0.5) is 17.1 Å². The normalized spacial score (nSPS) is 13.2. The van der Waals surface area contributed by atoms with Crippen LogP contribution in [0.1, 0.15) is 25.0 Å². The second-order valence-electron chi connectivity index (χ2n) is 14.1.